The lowest BCUT2D eigenvalue weighted by Crippen LogP contribution is -2.60. The van der Waals surface area contributed by atoms with Gasteiger partial charge < -0.3 is 28.8 Å². The number of benzene rings is 1. The summed E-state index contributed by atoms with van der Waals surface area (Å²) in [5.74, 6) is -4.24. The highest BCUT2D eigenvalue weighted by Crippen LogP contribution is 2.37. The first-order valence-electron chi connectivity index (χ1n) is 9.44. The number of carbonyl (C=O) groups is 4. The molecule has 0 unspecified atom stereocenters. The maximum absolute atomic E-state index is 11.8. The molecule has 0 bridgehead atoms. The third-order valence-electron chi connectivity index (χ3n) is 4.37. The standard InChI is InChI=1S/C20H22BrClO10/c1-9(23)28-8-16-19(30-11(3)25)18(29-10(2)24)13(7-17(26)27)20(32-16)31-15-5-4-12(21)6-14(15)22/h4-6,13,16,18-20H,7-8H2,1-3H3,(H,26,27)/t13-,16+,18-,19-,20-/m0/s1. The fourth-order valence-corrected chi connectivity index (χ4v) is 3.92. The van der Waals surface area contributed by atoms with Gasteiger partial charge in [-0.2, -0.15) is 0 Å². The normalized spacial score (nSPS) is 24.8. The number of halogens is 2. The summed E-state index contributed by atoms with van der Waals surface area (Å²) in [4.78, 5) is 46.4. The molecule has 5 atom stereocenters. The lowest BCUT2D eigenvalue weighted by atomic mass is 9.88. The van der Waals surface area contributed by atoms with Crippen molar-refractivity contribution >= 4 is 51.4 Å². The third-order valence-corrected chi connectivity index (χ3v) is 5.16. The highest BCUT2D eigenvalue weighted by Gasteiger charge is 2.52. The largest absolute Gasteiger partial charge is 0.481 e. The van der Waals surface area contributed by atoms with Crippen LogP contribution in [0, 0.1) is 5.92 Å². The van der Waals surface area contributed by atoms with Gasteiger partial charge in [0.05, 0.1) is 17.4 Å². The van der Waals surface area contributed by atoms with Gasteiger partial charge in [-0.15, -0.1) is 0 Å². The van der Waals surface area contributed by atoms with Crippen molar-refractivity contribution in [2.45, 2.75) is 51.8 Å². The van der Waals surface area contributed by atoms with Crippen LogP contribution in [-0.2, 0) is 38.1 Å². The van der Waals surface area contributed by atoms with E-state index in [0.717, 1.165) is 13.8 Å². The van der Waals surface area contributed by atoms with E-state index in [0.29, 0.717) is 4.47 Å². The van der Waals surface area contributed by atoms with Gasteiger partial charge in [0.15, 0.2) is 12.2 Å². The van der Waals surface area contributed by atoms with Crippen LogP contribution in [0.3, 0.4) is 0 Å². The highest BCUT2D eigenvalue weighted by molar-refractivity contribution is 9.10. The van der Waals surface area contributed by atoms with Crippen LogP contribution >= 0.6 is 27.5 Å². The van der Waals surface area contributed by atoms with Gasteiger partial charge in [0.1, 0.15) is 18.5 Å². The summed E-state index contributed by atoms with van der Waals surface area (Å²) in [7, 11) is 0. The van der Waals surface area contributed by atoms with Crippen LogP contribution < -0.4 is 4.74 Å². The van der Waals surface area contributed by atoms with E-state index in [1.165, 1.54) is 13.0 Å². The topological polar surface area (TPSA) is 135 Å². The predicted octanol–water partition coefficient (Wildman–Crippen LogP) is 2.72. The Morgan fingerprint density at radius 1 is 1.06 bits per heavy atom. The van der Waals surface area contributed by atoms with Gasteiger partial charge in [-0.25, -0.2) is 0 Å². The summed E-state index contributed by atoms with van der Waals surface area (Å²) in [5.41, 5.74) is 0. The first-order chi connectivity index (χ1) is 15.0. The van der Waals surface area contributed by atoms with Crippen LogP contribution in [0.15, 0.2) is 22.7 Å². The Hall–Kier alpha value is -2.37. The SMILES string of the molecule is CC(=O)OC[C@H]1O[C@H](Oc2ccc(Br)cc2Cl)[C@@H](CC(=O)O)[C@H](OC(C)=O)[C@H]1OC(C)=O. The van der Waals surface area contributed by atoms with Crippen molar-refractivity contribution in [3.63, 3.8) is 0 Å². The molecule has 1 heterocycles. The molecule has 1 saturated heterocycles. The van der Waals surface area contributed by atoms with Gasteiger partial charge in [0, 0.05) is 25.2 Å². The molecule has 10 nitrogen and oxygen atoms in total. The zero-order chi connectivity index (χ0) is 24.0. The second-order valence-electron chi connectivity index (χ2n) is 6.95. The van der Waals surface area contributed by atoms with E-state index >= 15 is 0 Å². The number of esters is 3. The Balaban J connectivity index is 2.47. The van der Waals surface area contributed by atoms with Gasteiger partial charge in [0.25, 0.3) is 0 Å². The molecular formula is C20H22BrClO10. The van der Waals surface area contributed by atoms with Crippen LogP contribution in [0.1, 0.15) is 27.2 Å². The molecule has 0 amide bonds. The van der Waals surface area contributed by atoms with Crippen molar-refractivity contribution in [2.75, 3.05) is 6.61 Å². The molecule has 2 rings (SSSR count). The molecule has 0 aliphatic carbocycles. The van der Waals surface area contributed by atoms with Crippen LogP contribution in [0.2, 0.25) is 5.02 Å². The van der Waals surface area contributed by atoms with Gasteiger partial charge in [-0.05, 0) is 18.2 Å². The van der Waals surface area contributed by atoms with Crippen molar-refractivity contribution in [1.82, 2.24) is 0 Å². The van der Waals surface area contributed by atoms with E-state index in [1.807, 2.05) is 0 Å². The summed E-state index contributed by atoms with van der Waals surface area (Å²) in [6.07, 6.45) is -5.46. The number of carbonyl (C=O) groups excluding carboxylic acids is 3. The summed E-state index contributed by atoms with van der Waals surface area (Å²) in [6, 6.07) is 4.75. The predicted molar refractivity (Wildman–Crippen MR) is 112 cm³/mol. The molecule has 0 aromatic heterocycles. The lowest BCUT2D eigenvalue weighted by molar-refractivity contribution is -0.271. The minimum absolute atomic E-state index is 0.175. The number of hydrogen-bond acceptors (Lipinski definition) is 9. The maximum Gasteiger partial charge on any atom is 0.304 e. The third kappa shape index (κ3) is 7.35. The number of rotatable bonds is 8. The zero-order valence-corrected chi connectivity index (χ0v) is 19.8. The molecule has 1 N–H and O–H groups in total. The van der Waals surface area contributed by atoms with Crippen LogP contribution in [-0.4, -0.2) is 60.2 Å². The minimum atomic E-state index is -1.29. The smallest absolute Gasteiger partial charge is 0.304 e. The summed E-state index contributed by atoms with van der Waals surface area (Å²) < 4.78 is 28.0. The molecular weight excluding hydrogens is 516 g/mol. The second-order valence-corrected chi connectivity index (χ2v) is 8.27. The fraction of sp³-hybridized carbons (Fsp3) is 0.500. The lowest BCUT2D eigenvalue weighted by Gasteiger charge is -2.44. The Labute approximate surface area is 197 Å². The van der Waals surface area contributed by atoms with E-state index in [-0.39, 0.29) is 17.4 Å². The molecule has 32 heavy (non-hydrogen) atoms. The Kier molecular flexibility index (Phi) is 9.29. The van der Waals surface area contributed by atoms with Crippen molar-refractivity contribution in [2.24, 2.45) is 5.92 Å². The summed E-state index contributed by atoms with van der Waals surface area (Å²) >= 11 is 9.48. The fourth-order valence-electron chi connectivity index (χ4n) is 3.20. The molecule has 12 heteroatoms. The highest BCUT2D eigenvalue weighted by atomic mass is 79.9. The number of carboxylic acids is 1. The maximum atomic E-state index is 11.8. The van der Waals surface area contributed by atoms with Crippen LogP contribution in [0.25, 0.3) is 0 Å². The first-order valence-corrected chi connectivity index (χ1v) is 10.6. The molecule has 1 aliphatic rings. The van der Waals surface area contributed by atoms with Crippen molar-refractivity contribution in [3.8, 4) is 5.75 Å². The van der Waals surface area contributed by atoms with E-state index in [4.69, 9.17) is 35.3 Å². The molecule has 1 aromatic carbocycles. The molecule has 0 saturated carbocycles. The van der Waals surface area contributed by atoms with Gasteiger partial charge in [0.2, 0.25) is 6.29 Å². The Morgan fingerprint density at radius 3 is 2.22 bits per heavy atom. The molecule has 1 aromatic rings. The second kappa shape index (κ2) is 11.5. The summed E-state index contributed by atoms with van der Waals surface area (Å²) in [6.45, 7) is 3.07. The number of aliphatic carboxylic acids is 1. The van der Waals surface area contributed by atoms with Crippen LogP contribution in [0.4, 0.5) is 0 Å². The number of hydrogen-bond donors (Lipinski definition) is 1. The van der Waals surface area contributed by atoms with Crippen LogP contribution in [0.5, 0.6) is 5.75 Å². The van der Waals surface area contributed by atoms with E-state index in [1.54, 1.807) is 12.1 Å². The van der Waals surface area contributed by atoms with Crippen molar-refractivity contribution in [1.29, 1.82) is 0 Å². The van der Waals surface area contributed by atoms with E-state index in [2.05, 4.69) is 15.9 Å². The quantitative estimate of drug-likeness (QED) is 0.389. The van der Waals surface area contributed by atoms with Gasteiger partial charge >= 0.3 is 23.9 Å². The first kappa shape index (κ1) is 25.9. The molecule has 0 spiro atoms. The molecule has 176 valence electrons. The monoisotopic (exact) mass is 536 g/mol. The average molecular weight is 538 g/mol. The number of carboxylic acid groups (broad SMARTS) is 1. The minimum Gasteiger partial charge on any atom is -0.481 e. The van der Waals surface area contributed by atoms with E-state index < -0.39 is 60.8 Å². The van der Waals surface area contributed by atoms with Gasteiger partial charge in [-0.1, -0.05) is 27.5 Å². The zero-order valence-electron chi connectivity index (χ0n) is 17.4. The van der Waals surface area contributed by atoms with Crippen molar-refractivity contribution < 1.29 is 48.0 Å². The van der Waals surface area contributed by atoms with E-state index in [9.17, 15) is 24.3 Å². The van der Waals surface area contributed by atoms with Crippen molar-refractivity contribution in [3.05, 3.63) is 27.7 Å². The molecule has 0 radical (unpaired) electrons. The Bertz CT molecular complexity index is 876. The molecule has 1 fully saturated rings. The molecule has 1 aliphatic heterocycles. The number of ether oxygens (including phenoxy) is 5. The average Bonchev–Trinajstić information content (AvgIpc) is 2.65. The van der Waals surface area contributed by atoms with Gasteiger partial charge in [-0.3, -0.25) is 19.2 Å². The summed E-state index contributed by atoms with van der Waals surface area (Å²) in [5, 5.41) is 9.65. The Morgan fingerprint density at radius 2 is 1.69 bits per heavy atom.